The zero-order valence-corrected chi connectivity index (χ0v) is 11.9. The molecule has 0 saturated carbocycles. The van der Waals surface area contributed by atoms with E-state index in [1.165, 1.54) is 13.2 Å². The van der Waals surface area contributed by atoms with E-state index in [1.807, 2.05) is 0 Å². The van der Waals surface area contributed by atoms with E-state index in [2.05, 4.69) is 20.9 Å². The van der Waals surface area contributed by atoms with Crippen LogP contribution in [0.25, 0.3) is 0 Å². The van der Waals surface area contributed by atoms with Gasteiger partial charge >= 0.3 is 6.03 Å². The number of amides is 3. The highest BCUT2D eigenvalue weighted by Gasteiger charge is 2.10. The fraction of sp³-hybridized carbons (Fsp3) is 0.0714. The van der Waals surface area contributed by atoms with Crippen LogP contribution in [-0.4, -0.2) is 24.0 Å². The van der Waals surface area contributed by atoms with Gasteiger partial charge in [-0.15, -0.1) is 0 Å². The maximum Gasteiger partial charge on any atom is 0.318 e. The summed E-state index contributed by atoms with van der Waals surface area (Å²) in [5.74, 6) is -0.347. The monoisotopic (exact) mass is 304 g/mol. The second-order valence-electron chi connectivity index (χ2n) is 4.08. The van der Waals surface area contributed by atoms with Crippen molar-refractivity contribution in [2.75, 3.05) is 17.7 Å². The van der Waals surface area contributed by atoms with Crippen LogP contribution in [-0.2, 0) is 0 Å². The number of benzene rings is 1. The highest BCUT2D eigenvalue weighted by Crippen LogP contribution is 2.17. The van der Waals surface area contributed by atoms with E-state index in [9.17, 15) is 9.59 Å². The molecule has 0 bridgehead atoms. The van der Waals surface area contributed by atoms with Crippen molar-refractivity contribution in [3.63, 3.8) is 0 Å². The molecule has 0 aliphatic carbocycles. The molecule has 0 atom stereocenters. The van der Waals surface area contributed by atoms with Crippen LogP contribution in [0, 0.1) is 0 Å². The lowest BCUT2D eigenvalue weighted by Crippen LogP contribution is -2.24. The first kappa shape index (κ1) is 14.8. The Bertz CT molecular complexity index is 658. The summed E-state index contributed by atoms with van der Waals surface area (Å²) in [6.07, 6.45) is 1.51. The van der Waals surface area contributed by atoms with Gasteiger partial charge in [-0.2, -0.15) is 0 Å². The van der Waals surface area contributed by atoms with Gasteiger partial charge in [0.05, 0.1) is 5.56 Å². The zero-order valence-electron chi connectivity index (χ0n) is 11.2. The first-order chi connectivity index (χ1) is 10.1. The third-order valence-electron chi connectivity index (χ3n) is 2.63. The van der Waals surface area contributed by atoms with Crippen molar-refractivity contribution in [1.29, 1.82) is 0 Å². The number of rotatable bonds is 3. The summed E-state index contributed by atoms with van der Waals surface area (Å²) in [5.41, 5.74) is 1.50. The summed E-state index contributed by atoms with van der Waals surface area (Å²) in [5, 5.41) is 7.91. The van der Waals surface area contributed by atoms with Gasteiger partial charge in [-0.25, -0.2) is 9.78 Å². The Morgan fingerprint density at radius 3 is 2.24 bits per heavy atom. The lowest BCUT2D eigenvalue weighted by atomic mass is 10.2. The number of nitrogens with one attached hydrogen (secondary N) is 3. The van der Waals surface area contributed by atoms with Gasteiger partial charge in [-0.05, 0) is 36.4 Å². The number of carbonyl (C=O) groups is 2. The molecule has 0 saturated heterocycles. The lowest BCUT2D eigenvalue weighted by molar-refractivity contribution is 0.102. The van der Waals surface area contributed by atoms with E-state index in [4.69, 9.17) is 11.6 Å². The van der Waals surface area contributed by atoms with Crippen LogP contribution in [0.15, 0.2) is 42.6 Å². The van der Waals surface area contributed by atoms with Crippen molar-refractivity contribution in [2.45, 2.75) is 0 Å². The third kappa shape index (κ3) is 3.93. The number of urea groups is 1. The minimum Gasteiger partial charge on any atom is -0.341 e. The highest BCUT2D eigenvalue weighted by molar-refractivity contribution is 6.33. The molecule has 3 amide bonds. The van der Waals surface area contributed by atoms with Gasteiger partial charge in [0.1, 0.15) is 5.15 Å². The molecule has 0 fully saturated rings. The van der Waals surface area contributed by atoms with Crippen LogP contribution >= 0.6 is 11.6 Å². The molecule has 0 spiro atoms. The predicted octanol–water partition coefficient (Wildman–Crippen LogP) is 2.74. The summed E-state index contributed by atoms with van der Waals surface area (Å²) < 4.78 is 0. The largest absolute Gasteiger partial charge is 0.341 e. The number of anilines is 2. The fourth-order valence-electron chi connectivity index (χ4n) is 1.58. The summed E-state index contributed by atoms with van der Waals surface area (Å²) in [6.45, 7) is 0. The Labute approximate surface area is 126 Å². The second kappa shape index (κ2) is 6.71. The van der Waals surface area contributed by atoms with Crippen LogP contribution in [0.1, 0.15) is 10.4 Å². The number of nitrogens with zero attached hydrogens (tertiary/aromatic N) is 1. The molecule has 7 heteroatoms. The lowest BCUT2D eigenvalue weighted by Gasteiger charge is -2.08. The Kier molecular flexibility index (Phi) is 4.73. The van der Waals surface area contributed by atoms with Gasteiger partial charge in [0.25, 0.3) is 5.91 Å². The van der Waals surface area contributed by atoms with Crippen molar-refractivity contribution in [3.8, 4) is 0 Å². The maximum absolute atomic E-state index is 12.0. The second-order valence-corrected chi connectivity index (χ2v) is 4.44. The highest BCUT2D eigenvalue weighted by atomic mass is 35.5. The summed E-state index contributed by atoms with van der Waals surface area (Å²) in [7, 11) is 1.53. The fourth-order valence-corrected chi connectivity index (χ4v) is 1.79. The first-order valence-corrected chi connectivity index (χ1v) is 6.48. The van der Waals surface area contributed by atoms with E-state index in [1.54, 1.807) is 36.4 Å². The average molecular weight is 305 g/mol. The van der Waals surface area contributed by atoms with E-state index in [-0.39, 0.29) is 17.1 Å². The molecular formula is C14H13ClN4O2. The molecule has 21 heavy (non-hydrogen) atoms. The number of halogens is 1. The number of pyridine rings is 1. The molecule has 2 aromatic rings. The number of carbonyl (C=O) groups excluding carboxylic acids is 2. The summed E-state index contributed by atoms with van der Waals surface area (Å²) >= 11 is 5.86. The zero-order chi connectivity index (χ0) is 15.2. The molecule has 3 N–H and O–H groups in total. The molecule has 1 aromatic carbocycles. The Morgan fingerprint density at radius 2 is 1.67 bits per heavy atom. The van der Waals surface area contributed by atoms with Gasteiger partial charge in [0, 0.05) is 24.6 Å². The van der Waals surface area contributed by atoms with Crippen LogP contribution in [0.3, 0.4) is 0 Å². The van der Waals surface area contributed by atoms with E-state index in [0.717, 1.165) is 0 Å². The van der Waals surface area contributed by atoms with E-state index < -0.39 is 0 Å². The van der Waals surface area contributed by atoms with Crippen molar-refractivity contribution in [3.05, 3.63) is 53.3 Å². The van der Waals surface area contributed by atoms with Crippen LogP contribution in [0.4, 0.5) is 16.2 Å². The third-order valence-corrected chi connectivity index (χ3v) is 2.93. The minimum atomic E-state index is -0.347. The van der Waals surface area contributed by atoms with Crippen LogP contribution in [0.2, 0.25) is 5.15 Å². The molecular weight excluding hydrogens is 292 g/mol. The number of aromatic nitrogens is 1. The molecule has 0 aliphatic heterocycles. The standard InChI is InChI=1S/C14H13ClN4O2/c1-16-14(21)19-10-6-4-9(5-7-10)18-13(20)11-3-2-8-17-12(11)15/h2-8H,1H3,(H,18,20)(H2,16,19,21). The minimum absolute atomic E-state index is 0.146. The Morgan fingerprint density at radius 1 is 1.05 bits per heavy atom. The normalized spacial score (nSPS) is 9.81. The summed E-state index contributed by atoms with van der Waals surface area (Å²) in [4.78, 5) is 27.0. The molecule has 2 rings (SSSR count). The van der Waals surface area contributed by atoms with E-state index in [0.29, 0.717) is 16.9 Å². The Balaban J connectivity index is 2.05. The van der Waals surface area contributed by atoms with Gasteiger partial charge in [-0.3, -0.25) is 4.79 Å². The van der Waals surface area contributed by atoms with E-state index >= 15 is 0 Å². The number of hydrogen-bond donors (Lipinski definition) is 3. The van der Waals surface area contributed by atoms with Crippen molar-refractivity contribution in [1.82, 2.24) is 10.3 Å². The van der Waals surface area contributed by atoms with Crippen molar-refractivity contribution < 1.29 is 9.59 Å². The van der Waals surface area contributed by atoms with Gasteiger partial charge in [0.15, 0.2) is 0 Å². The molecule has 1 heterocycles. The molecule has 1 aromatic heterocycles. The van der Waals surface area contributed by atoms with Crippen molar-refractivity contribution in [2.24, 2.45) is 0 Å². The maximum atomic E-state index is 12.0. The Hall–Kier alpha value is -2.60. The molecule has 0 radical (unpaired) electrons. The molecule has 0 aliphatic rings. The van der Waals surface area contributed by atoms with Gasteiger partial charge < -0.3 is 16.0 Å². The van der Waals surface area contributed by atoms with Crippen molar-refractivity contribution >= 4 is 34.9 Å². The summed E-state index contributed by atoms with van der Waals surface area (Å²) in [6, 6.07) is 9.62. The molecule has 0 unspecified atom stereocenters. The first-order valence-electron chi connectivity index (χ1n) is 6.11. The average Bonchev–Trinajstić information content (AvgIpc) is 2.49. The molecule has 6 nitrogen and oxygen atoms in total. The topological polar surface area (TPSA) is 83.1 Å². The SMILES string of the molecule is CNC(=O)Nc1ccc(NC(=O)c2cccnc2Cl)cc1. The quantitative estimate of drug-likeness (QED) is 0.762. The molecule has 108 valence electrons. The number of hydrogen-bond acceptors (Lipinski definition) is 3. The van der Waals surface area contributed by atoms with Crippen LogP contribution in [0.5, 0.6) is 0 Å². The van der Waals surface area contributed by atoms with Gasteiger partial charge in [0.2, 0.25) is 0 Å². The predicted molar refractivity (Wildman–Crippen MR) is 81.7 cm³/mol. The van der Waals surface area contributed by atoms with Gasteiger partial charge in [-0.1, -0.05) is 11.6 Å². The smallest absolute Gasteiger partial charge is 0.318 e. The van der Waals surface area contributed by atoms with Crippen LogP contribution < -0.4 is 16.0 Å².